The second kappa shape index (κ2) is 8.76. The molecule has 1 fully saturated rings. The van der Waals surface area contributed by atoms with E-state index in [0.29, 0.717) is 12.4 Å². The number of carbonyl (C=O) groups is 1. The normalized spacial score (nSPS) is 19.5. The van der Waals surface area contributed by atoms with Gasteiger partial charge in [0, 0.05) is 12.2 Å². The number of rotatable bonds is 7. The van der Waals surface area contributed by atoms with Gasteiger partial charge in [0.25, 0.3) is 0 Å². The summed E-state index contributed by atoms with van der Waals surface area (Å²) < 4.78 is 21.6. The molecule has 0 N–H and O–H groups in total. The predicted molar refractivity (Wildman–Crippen MR) is 81.8 cm³/mol. The molecule has 2 atom stereocenters. The fourth-order valence-corrected chi connectivity index (χ4v) is 2.35. The van der Waals surface area contributed by atoms with Crippen molar-refractivity contribution in [1.82, 2.24) is 0 Å². The van der Waals surface area contributed by atoms with Gasteiger partial charge in [0.15, 0.2) is 6.10 Å². The Morgan fingerprint density at radius 2 is 2.18 bits per heavy atom. The van der Waals surface area contributed by atoms with Gasteiger partial charge in [-0.25, -0.2) is 4.79 Å². The summed E-state index contributed by atoms with van der Waals surface area (Å²) in [7, 11) is 1.59. The maximum absolute atomic E-state index is 12.0. The van der Waals surface area contributed by atoms with Crippen molar-refractivity contribution in [3.63, 3.8) is 0 Å². The summed E-state index contributed by atoms with van der Waals surface area (Å²) >= 11 is 0. The number of esters is 1. The van der Waals surface area contributed by atoms with Crippen molar-refractivity contribution in [1.29, 1.82) is 0 Å². The predicted octanol–water partition coefficient (Wildman–Crippen LogP) is 2.71. The van der Waals surface area contributed by atoms with Crippen LogP contribution in [0, 0.1) is 0 Å². The van der Waals surface area contributed by atoms with Crippen LogP contribution in [0.5, 0.6) is 5.75 Å². The van der Waals surface area contributed by atoms with Crippen LogP contribution in [-0.4, -0.2) is 38.5 Å². The van der Waals surface area contributed by atoms with Crippen LogP contribution < -0.4 is 4.74 Å². The fraction of sp³-hybridized carbons (Fsp3) is 0.588. The molecule has 5 heteroatoms. The molecular weight excluding hydrogens is 284 g/mol. The molecule has 5 nitrogen and oxygen atoms in total. The van der Waals surface area contributed by atoms with Crippen LogP contribution in [0.2, 0.25) is 0 Å². The number of methoxy groups -OCH3 is 1. The van der Waals surface area contributed by atoms with Crippen LogP contribution in [0.4, 0.5) is 0 Å². The molecular formula is C17H24O5. The topological polar surface area (TPSA) is 54.0 Å². The third-order valence-corrected chi connectivity index (χ3v) is 3.70. The highest BCUT2D eigenvalue weighted by atomic mass is 16.6. The smallest absolute Gasteiger partial charge is 0.335 e. The summed E-state index contributed by atoms with van der Waals surface area (Å²) in [6.45, 7) is 3.09. The van der Waals surface area contributed by atoms with E-state index in [-0.39, 0.29) is 18.7 Å². The Bertz CT molecular complexity index is 468. The van der Waals surface area contributed by atoms with E-state index < -0.39 is 6.10 Å². The third-order valence-electron chi connectivity index (χ3n) is 3.70. The van der Waals surface area contributed by atoms with Crippen molar-refractivity contribution < 1.29 is 23.7 Å². The zero-order valence-electron chi connectivity index (χ0n) is 13.2. The zero-order chi connectivity index (χ0) is 15.8. The summed E-state index contributed by atoms with van der Waals surface area (Å²) in [6, 6.07) is 7.46. The zero-order valence-corrected chi connectivity index (χ0v) is 13.2. The Morgan fingerprint density at radius 1 is 1.36 bits per heavy atom. The van der Waals surface area contributed by atoms with E-state index in [4.69, 9.17) is 18.9 Å². The van der Waals surface area contributed by atoms with Gasteiger partial charge in [-0.1, -0.05) is 18.2 Å². The minimum atomic E-state index is -0.597. The van der Waals surface area contributed by atoms with Crippen molar-refractivity contribution in [2.24, 2.45) is 0 Å². The summed E-state index contributed by atoms with van der Waals surface area (Å²) in [5.74, 6) is 0.334. The van der Waals surface area contributed by atoms with Gasteiger partial charge in [0.2, 0.25) is 0 Å². The summed E-state index contributed by atoms with van der Waals surface area (Å²) in [4.78, 5) is 12.0. The molecule has 1 aliphatic rings. The van der Waals surface area contributed by atoms with Crippen molar-refractivity contribution in [2.75, 3.05) is 20.3 Å². The number of carbonyl (C=O) groups excluding carboxylic acids is 1. The third kappa shape index (κ3) is 5.00. The first kappa shape index (κ1) is 16.8. The highest BCUT2D eigenvalue weighted by Gasteiger charge is 2.20. The Hall–Kier alpha value is -1.59. The van der Waals surface area contributed by atoms with Crippen molar-refractivity contribution in [3.8, 4) is 5.75 Å². The van der Waals surface area contributed by atoms with E-state index >= 15 is 0 Å². The molecule has 1 saturated heterocycles. The van der Waals surface area contributed by atoms with Gasteiger partial charge in [0.05, 0.1) is 19.8 Å². The van der Waals surface area contributed by atoms with Gasteiger partial charge in [-0.2, -0.15) is 0 Å². The summed E-state index contributed by atoms with van der Waals surface area (Å²) in [5.41, 5.74) is 0.834. The molecule has 1 aromatic carbocycles. The Morgan fingerprint density at radius 3 is 2.91 bits per heavy atom. The molecule has 22 heavy (non-hydrogen) atoms. The van der Waals surface area contributed by atoms with Crippen LogP contribution in [0.15, 0.2) is 24.3 Å². The molecule has 2 unspecified atom stereocenters. The lowest BCUT2D eigenvalue weighted by atomic mass is 10.1. The molecule has 0 amide bonds. The molecule has 0 saturated carbocycles. The molecule has 0 bridgehead atoms. The molecule has 0 aliphatic carbocycles. The van der Waals surface area contributed by atoms with E-state index in [2.05, 4.69) is 0 Å². The van der Waals surface area contributed by atoms with Crippen LogP contribution in [-0.2, 0) is 25.6 Å². The highest BCUT2D eigenvalue weighted by molar-refractivity contribution is 5.74. The lowest BCUT2D eigenvalue weighted by molar-refractivity contribution is -0.160. The SMILES string of the molecule is COc1ccccc1COC(=O)C(C)OCC1CCCCO1. The first-order chi connectivity index (χ1) is 10.7. The van der Waals surface area contributed by atoms with Crippen LogP contribution >= 0.6 is 0 Å². The second-order valence-corrected chi connectivity index (χ2v) is 5.38. The van der Waals surface area contributed by atoms with Gasteiger partial charge < -0.3 is 18.9 Å². The van der Waals surface area contributed by atoms with Crippen molar-refractivity contribution in [3.05, 3.63) is 29.8 Å². The van der Waals surface area contributed by atoms with E-state index in [1.807, 2.05) is 24.3 Å². The average Bonchev–Trinajstić information content (AvgIpc) is 2.58. The van der Waals surface area contributed by atoms with Crippen LogP contribution in [0.25, 0.3) is 0 Å². The van der Waals surface area contributed by atoms with E-state index in [0.717, 1.165) is 31.4 Å². The lowest BCUT2D eigenvalue weighted by Crippen LogP contribution is -2.30. The quantitative estimate of drug-likeness (QED) is 0.725. The molecule has 0 aromatic heterocycles. The van der Waals surface area contributed by atoms with Crippen LogP contribution in [0.3, 0.4) is 0 Å². The molecule has 0 radical (unpaired) electrons. The van der Waals surface area contributed by atoms with E-state index in [1.54, 1.807) is 14.0 Å². The minimum absolute atomic E-state index is 0.0956. The number of benzene rings is 1. The first-order valence-corrected chi connectivity index (χ1v) is 7.72. The monoisotopic (exact) mass is 308 g/mol. The largest absolute Gasteiger partial charge is 0.496 e. The van der Waals surface area contributed by atoms with Crippen molar-refractivity contribution in [2.45, 2.75) is 45.0 Å². The fourth-order valence-electron chi connectivity index (χ4n) is 2.35. The Labute approximate surface area is 131 Å². The molecule has 1 aliphatic heterocycles. The summed E-state index contributed by atoms with van der Waals surface area (Å²) in [5, 5.41) is 0. The highest BCUT2D eigenvalue weighted by Crippen LogP contribution is 2.18. The number of para-hydroxylation sites is 1. The maximum Gasteiger partial charge on any atom is 0.335 e. The lowest BCUT2D eigenvalue weighted by Gasteiger charge is -2.23. The summed E-state index contributed by atoms with van der Waals surface area (Å²) in [6.07, 6.45) is 2.75. The molecule has 1 aromatic rings. The molecule has 122 valence electrons. The molecule has 0 spiro atoms. The van der Waals surface area contributed by atoms with E-state index in [9.17, 15) is 4.79 Å². The standard InChI is InChI=1S/C17H24O5/c1-13(21-12-15-8-5-6-10-20-15)17(18)22-11-14-7-3-4-9-16(14)19-2/h3-4,7,9,13,15H,5-6,8,10-12H2,1-2H3. The van der Waals surface area contributed by atoms with Gasteiger partial charge >= 0.3 is 5.97 Å². The van der Waals surface area contributed by atoms with Gasteiger partial charge in [-0.3, -0.25) is 0 Å². The second-order valence-electron chi connectivity index (χ2n) is 5.38. The van der Waals surface area contributed by atoms with Crippen molar-refractivity contribution >= 4 is 5.97 Å². The van der Waals surface area contributed by atoms with Gasteiger partial charge in [-0.15, -0.1) is 0 Å². The maximum atomic E-state index is 12.0. The molecule has 2 rings (SSSR count). The first-order valence-electron chi connectivity index (χ1n) is 7.72. The number of hydrogen-bond acceptors (Lipinski definition) is 5. The Kier molecular flexibility index (Phi) is 6.68. The average molecular weight is 308 g/mol. The Balaban J connectivity index is 1.73. The van der Waals surface area contributed by atoms with Crippen LogP contribution in [0.1, 0.15) is 31.7 Å². The molecule has 1 heterocycles. The van der Waals surface area contributed by atoms with Gasteiger partial charge in [-0.05, 0) is 32.3 Å². The van der Waals surface area contributed by atoms with Gasteiger partial charge in [0.1, 0.15) is 12.4 Å². The minimum Gasteiger partial charge on any atom is -0.496 e. The van der Waals surface area contributed by atoms with E-state index in [1.165, 1.54) is 0 Å². The number of ether oxygens (including phenoxy) is 4. The number of hydrogen-bond donors (Lipinski definition) is 0.